The van der Waals surface area contributed by atoms with Gasteiger partial charge in [0.15, 0.2) is 5.79 Å². The van der Waals surface area contributed by atoms with Crippen molar-refractivity contribution in [2.24, 2.45) is 5.92 Å². The van der Waals surface area contributed by atoms with Gasteiger partial charge >= 0.3 is 0 Å². The van der Waals surface area contributed by atoms with E-state index in [9.17, 15) is 4.79 Å². The topological polar surface area (TPSA) is 38.8 Å². The molecule has 2 aliphatic heterocycles. The summed E-state index contributed by atoms with van der Waals surface area (Å²) in [7, 11) is 0. The van der Waals surface area contributed by atoms with Gasteiger partial charge in [0.05, 0.1) is 13.2 Å². The molecule has 0 aromatic heterocycles. The minimum atomic E-state index is -0.394. The zero-order valence-corrected chi connectivity index (χ0v) is 9.44. The van der Waals surface area contributed by atoms with Gasteiger partial charge in [0.25, 0.3) is 0 Å². The molecule has 2 rings (SSSR count). The Kier molecular flexibility index (Phi) is 2.98. The number of amides is 1. The average molecular weight is 213 g/mol. The van der Waals surface area contributed by atoms with Crippen LogP contribution < -0.4 is 0 Å². The predicted molar refractivity (Wildman–Crippen MR) is 55.3 cm³/mol. The summed E-state index contributed by atoms with van der Waals surface area (Å²) in [6, 6.07) is 0.245. The molecule has 0 aromatic rings. The molecule has 2 heterocycles. The van der Waals surface area contributed by atoms with E-state index in [-0.39, 0.29) is 6.04 Å². The maximum Gasteiger partial charge on any atom is 0.209 e. The molecule has 1 spiro atoms. The van der Waals surface area contributed by atoms with Crippen LogP contribution in [0.1, 0.15) is 26.7 Å². The summed E-state index contributed by atoms with van der Waals surface area (Å²) in [6.07, 6.45) is 2.56. The quantitative estimate of drug-likeness (QED) is 0.642. The van der Waals surface area contributed by atoms with E-state index in [1.807, 2.05) is 4.90 Å². The van der Waals surface area contributed by atoms with Crippen LogP contribution in [0.4, 0.5) is 0 Å². The smallest absolute Gasteiger partial charge is 0.209 e. The molecule has 1 amide bonds. The van der Waals surface area contributed by atoms with Crippen molar-refractivity contribution in [1.29, 1.82) is 0 Å². The summed E-state index contributed by atoms with van der Waals surface area (Å²) in [5.74, 6) is 0.0502. The number of hydrogen-bond acceptors (Lipinski definition) is 3. The van der Waals surface area contributed by atoms with Gasteiger partial charge in [-0.05, 0) is 5.92 Å². The van der Waals surface area contributed by atoms with Crippen LogP contribution in [0.5, 0.6) is 0 Å². The summed E-state index contributed by atoms with van der Waals surface area (Å²) in [6.45, 7) is 6.38. The van der Waals surface area contributed by atoms with Gasteiger partial charge < -0.3 is 14.4 Å². The zero-order valence-electron chi connectivity index (χ0n) is 9.44. The molecular weight excluding hydrogens is 194 g/mol. The van der Waals surface area contributed by atoms with Gasteiger partial charge in [-0.3, -0.25) is 4.79 Å². The fourth-order valence-corrected chi connectivity index (χ4v) is 2.51. The molecule has 1 atom stereocenters. The Morgan fingerprint density at radius 2 is 2.07 bits per heavy atom. The molecule has 86 valence electrons. The van der Waals surface area contributed by atoms with Crippen LogP contribution in [0.3, 0.4) is 0 Å². The molecule has 0 aromatic carbocycles. The monoisotopic (exact) mass is 213 g/mol. The Hall–Kier alpha value is -0.610. The van der Waals surface area contributed by atoms with Gasteiger partial charge in [-0.15, -0.1) is 0 Å². The molecule has 2 saturated heterocycles. The highest BCUT2D eigenvalue weighted by Crippen LogP contribution is 2.36. The first-order valence-corrected chi connectivity index (χ1v) is 5.66. The minimum Gasteiger partial charge on any atom is -0.347 e. The van der Waals surface area contributed by atoms with E-state index in [1.54, 1.807) is 0 Å². The van der Waals surface area contributed by atoms with Crippen LogP contribution >= 0.6 is 0 Å². The van der Waals surface area contributed by atoms with Crippen LogP contribution in [-0.4, -0.2) is 42.9 Å². The van der Waals surface area contributed by atoms with Crippen molar-refractivity contribution in [1.82, 2.24) is 4.90 Å². The summed E-state index contributed by atoms with van der Waals surface area (Å²) < 4.78 is 11.4. The van der Waals surface area contributed by atoms with Gasteiger partial charge in [0.1, 0.15) is 0 Å². The lowest BCUT2D eigenvalue weighted by atomic mass is 9.89. The lowest BCUT2D eigenvalue weighted by Crippen LogP contribution is -2.52. The summed E-state index contributed by atoms with van der Waals surface area (Å²) in [5, 5.41) is 0. The normalized spacial score (nSPS) is 30.1. The molecule has 0 N–H and O–H groups in total. The van der Waals surface area contributed by atoms with Gasteiger partial charge in [-0.2, -0.15) is 0 Å². The van der Waals surface area contributed by atoms with E-state index in [0.29, 0.717) is 19.1 Å². The summed E-state index contributed by atoms with van der Waals surface area (Å²) in [5.41, 5.74) is 0. The third-order valence-corrected chi connectivity index (χ3v) is 3.42. The Morgan fingerprint density at radius 1 is 1.40 bits per heavy atom. The standard InChI is InChI=1S/C11H19NO3/c1-9(2)10-7-11(14-5-6-15-11)3-4-12(10)8-13/h8-10H,3-7H2,1-2H3. The van der Waals surface area contributed by atoms with E-state index in [2.05, 4.69) is 13.8 Å². The first kappa shape index (κ1) is 10.9. The van der Waals surface area contributed by atoms with Gasteiger partial charge in [0, 0.05) is 25.4 Å². The largest absolute Gasteiger partial charge is 0.347 e. The van der Waals surface area contributed by atoms with Crippen LogP contribution in [-0.2, 0) is 14.3 Å². The molecule has 15 heavy (non-hydrogen) atoms. The average Bonchev–Trinajstić information content (AvgIpc) is 2.66. The van der Waals surface area contributed by atoms with Gasteiger partial charge in [-0.25, -0.2) is 0 Å². The molecular formula is C11H19NO3. The Bertz CT molecular complexity index is 236. The highest BCUT2D eigenvalue weighted by molar-refractivity contribution is 5.48. The summed E-state index contributed by atoms with van der Waals surface area (Å²) in [4.78, 5) is 12.8. The van der Waals surface area contributed by atoms with Crippen LogP contribution in [0, 0.1) is 5.92 Å². The second kappa shape index (κ2) is 4.10. The summed E-state index contributed by atoms with van der Waals surface area (Å²) >= 11 is 0. The Balaban J connectivity index is 2.08. The Morgan fingerprint density at radius 3 is 2.60 bits per heavy atom. The second-order valence-corrected chi connectivity index (χ2v) is 4.72. The number of rotatable bonds is 2. The highest BCUT2D eigenvalue weighted by atomic mass is 16.7. The third-order valence-electron chi connectivity index (χ3n) is 3.42. The molecule has 0 bridgehead atoms. The van der Waals surface area contributed by atoms with Crippen molar-refractivity contribution in [3.8, 4) is 0 Å². The van der Waals surface area contributed by atoms with Crippen molar-refractivity contribution in [3.05, 3.63) is 0 Å². The number of ether oxygens (including phenoxy) is 2. The fourth-order valence-electron chi connectivity index (χ4n) is 2.51. The van der Waals surface area contributed by atoms with Crippen LogP contribution in [0.2, 0.25) is 0 Å². The lowest BCUT2D eigenvalue weighted by Gasteiger charge is -2.43. The number of piperidine rings is 1. The molecule has 4 nitrogen and oxygen atoms in total. The van der Waals surface area contributed by atoms with Gasteiger partial charge in [-0.1, -0.05) is 13.8 Å². The molecule has 4 heteroatoms. The van der Waals surface area contributed by atoms with Gasteiger partial charge in [0.2, 0.25) is 6.41 Å². The molecule has 1 unspecified atom stereocenters. The van der Waals surface area contributed by atoms with E-state index in [4.69, 9.17) is 9.47 Å². The van der Waals surface area contributed by atoms with Crippen molar-refractivity contribution < 1.29 is 14.3 Å². The molecule has 2 fully saturated rings. The second-order valence-electron chi connectivity index (χ2n) is 4.72. The lowest BCUT2D eigenvalue weighted by molar-refractivity contribution is -0.199. The van der Waals surface area contributed by atoms with Crippen LogP contribution in [0.15, 0.2) is 0 Å². The number of carbonyl (C=O) groups is 1. The molecule has 0 radical (unpaired) electrons. The number of likely N-dealkylation sites (tertiary alicyclic amines) is 1. The molecule has 2 aliphatic rings. The van der Waals surface area contributed by atoms with E-state index in [1.165, 1.54) is 0 Å². The van der Waals surface area contributed by atoms with Crippen molar-refractivity contribution in [2.45, 2.75) is 38.5 Å². The van der Waals surface area contributed by atoms with E-state index in [0.717, 1.165) is 25.8 Å². The maximum atomic E-state index is 10.9. The minimum absolute atomic E-state index is 0.245. The predicted octanol–water partition coefficient (Wildman–Crippen LogP) is 1.01. The van der Waals surface area contributed by atoms with E-state index >= 15 is 0 Å². The molecule has 0 aliphatic carbocycles. The number of nitrogens with zero attached hydrogens (tertiary/aromatic N) is 1. The van der Waals surface area contributed by atoms with Crippen molar-refractivity contribution in [3.63, 3.8) is 0 Å². The van der Waals surface area contributed by atoms with Crippen molar-refractivity contribution in [2.75, 3.05) is 19.8 Å². The first-order valence-electron chi connectivity index (χ1n) is 5.66. The number of carbonyl (C=O) groups excluding carboxylic acids is 1. The molecule has 0 saturated carbocycles. The first-order chi connectivity index (χ1) is 7.17. The Labute approximate surface area is 90.5 Å². The fraction of sp³-hybridized carbons (Fsp3) is 0.909. The number of hydrogen-bond donors (Lipinski definition) is 0. The maximum absolute atomic E-state index is 10.9. The van der Waals surface area contributed by atoms with Crippen molar-refractivity contribution >= 4 is 6.41 Å². The van der Waals surface area contributed by atoms with E-state index < -0.39 is 5.79 Å². The highest BCUT2D eigenvalue weighted by Gasteiger charge is 2.44. The zero-order chi connectivity index (χ0) is 10.9. The third kappa shape index (κ3) is 2.01. The SMILES string of the molecule is CC(C)C1CC2(CCN1C=O)OCCO2. The van der Waals surface area contributed by atoms with Crippen LogP contribution in [0.25, 0.3) is 0 Å².